The van der Waals surface area contributed by atoms with Gasteiger partial charge in [-0.3, -0.25) is 14.6 Å². The molecule has 1 aliphatic heterocycles. The normalized spacial score (nSPS) is 18.7. The van der Waals surface area contributed by atoms with Crippen LogP contribution in [0.4, 0.5) is 0 Å². The third-order valence-electron chi connectivity index (χ3n) is 3.33. The van der Waals surface area contributed by atoms with E-state index < -0.39 is 5.97 Å². The maximum absolute atomic E-state index is 10.7. The molecule has 0 amide bonds. The van der Waals surface area contributed by atoms with E-state index in [2.05, 4.69) is 9.88 Å². The fraction of sp³-hybridized carbons (Fsp3) is 0.667. The summed E-state index contributed by atoms with van der Waals surface area (Å²) < 4.78 is 2.03. The van der Waals surface area contributed by atoms with E-state index in [4.69, 9.17) is 5.11 Å². The van der Waals surface area contributed by atoms with E-state index in [1.807, 2.05) is 28.9 Å². The summed E-state index contributed by atoms with van der Waals surface area (Å²) in [4.78, 5) is 19.4. The van der Waals surface area contributed by atoms with Gasteiger partial charge in [0.05, 0.1) is 13.1 Å². The van der Waals surface area contributed by atoms with Gasteiger partial charge in [-0.15, -0.1) is 0 Å². The highest BCUT2D eigenvalue weighted by molar-refractivity contribution is 5.69. The second kappa shape index (κ2) is 5.97. The van der Waals surface area contributed by atoms with Gasteiger partial charge in [-0.1, -0.05) is 0 Å². The lowest BCUT2D eigenvalue weighted by molar-refractivity contribution is -0.138. The molecule has 0 bridgehead atoms. The fourth-order valence-electron chi connectivity index (χ4n) is 2.28. The van der Waals surface area contributed by atoms with Gasteiger partial charge in [0.25, 0.3) is 0 Å². The predicted molar refractivity (Wildman–Crippen MR) is 67.2 cm³/mol. The van der Waals surface area contributed by atoms with E-state index >= 15 is 0 Å². The molecular weight excluding hydrogens is 232 g/mol. The van der Waals surface area contributed by atoms with Gasteiger partial charge < -0.3 is 9.67 Å². The predicted octanol–water partition coefficient (Wildman–Crippen LogP) is 0.0124. The number of hydrogen-bond acceptors (Lipinski definition) is 4. The van der Waals surface area contributed by atoms with Crippen molar-refractivity contribution in [3.63, 3.8) is 0 Å². The van der Waals surface area contributed by atoms with E-state index in [-0.39, 0.29) is 6.54 Å². The first-order valence-electron chi connectivity index (χ1n) is 6.28. The highest BCUT2D eigenvalue weighted by Crippen LogP contribution is 2.07. The number of carbonyl (C=O) groups is 1. The lowest BCUT2D eigenvalue weighted by Crippen LogP contribution is -2.34. The van der Waals surface area contributed by atoms with Crippen LogP contribution in [0.5, 0.6) is 0 Å². The number of aromatic nitrogens is 2. The van der Waals surface area contributed by atoms with E-state index in [1.165, 1.54) is 0 Å². The molecule has 100 valence electrons. The SMILES string of the molecule is Cn1ccnc1CN1CCCN(CC(=O)O)CC1. The fourth-order valence-corrected chi connectivity index (χ4v) is 2.28. The van der Waals surface area contributed by atoms with Crippen LogP contribution in [0, 0.1) is 0 Å². The molecule has 0 atom stereocenters. The average molecular weight is 252 g/mol. The van der Waals surface area contributed by atoms with Gasteiger partial charge >= 0.3 is 5.97 Å². The molecule has 0 spiro atoms. The third kappa shape index (κ3) is 3.54. The maximum Gasteiger partial charge on any atom is 0.317 e. The summed E-state index contributed by atoms with van der Waals surface area (Å²) in [5, 5.41) is 8.80. The van der Waals surface area contributed by atoms with Crippen LogP contribution in [-0.4, -0.2) is 63.2 Å². The molecule has 2 heterocycles. The van der Waals surface area contributed by atoms with Gasteiger partial charge in [0.2, 0.25) is 0 Å². The molecule has 1 aliphatic rings. The van der Waals surface area contributed by atoms with Gasteiger partial charge in [-0.25, -0.2) is 4.98 Å². The molecule has 0 aromatic carbocycles. The van der Waals surface area contributed by atoms with E-state index in [0.717, 1.165) is 45.0 Å². The lowest BCUT2D eigenvalue weighted by atomic mass is 10.3. The summed E-state index contributed by atoms with van der Waals surface area (Å²) in [7, 11) is 2.00. The van der Waals surface area contributed by atoms with Crippen LogP contribution in [-0.2, 0) is 18.4 Å². The van der Waals surface area contributed by atoms with Gasteiger partial charge in [-0.05, 0) is 13.0 Å². The van der Waals surface area contributed by atoms with Crippen molar-refractivity contribution >= 4 is 5.97 Å². The third-order valence-corrected chi connectivity index (χ3v) is 3.33. The monoisotopic (exact) mass is 252 g/mol. The first-order valence-corrected chi connectivity index (χ1v) is 6.28. The minimum atomic E-state index is -0.743. The van der Waals surface area contributed by atoms with Crippen molar-refractivity contribution in [1.82, 2.24) is 19.4 Å². The van der Waals surface area contributed by atoms with Crippen molar-refractivity contribution in [2.75, 3.05) is 32.7 Å². The van der Waals surface area contributed by atoms with Crippen LogP contribution < -0.4 is 0 Å². The quantitative estimate of drug-likeness (QED) is 0.818. The summed E-state index contributed by atoms with van der Waals surface area (Å²) in [6.07, 6.45) is 4.77. The Morgan fingerprint density at radius 3 is 2.72 bits per heavy atom. The second-order valence-electron chi connectivity index (χ2n) is 4.75. The molecule has 2 rings (SSSR count). The zero-order valence-corrected chi connectivity index (χ0v) is 10.7. The Morgan fingerprint density at radius 1 is 1.33 bits per heavy atom. The first kappa shape index (κ1) is 13.0. The summed E-state index contributed by atoms with van der Waals surface area (Å²) >= 11 is 0. The van der Waals surface area contributed by atoms with Crippen LogP contribution >= 0.6 is 0 Å². The van der Waals surface area contributed by atoms with Gasteiger partial charge in [0.15, 0.2) is 0 Å². The minimum absolute atomic E-state index is 0.149. The highest BCUT2D eigenvalue weighted by atomic mass is 16.4. The largest absolute Gasteiger partial charge is 0.480 e. The van der Waals surface area contributed by atoms with Crippen LogP contribution in [0.25, 0.3) is 0 Å². The Hall–Kier alpha value is -1.40. The highest BCUT2D eigenvalue weighted by Gasteiger charge is 2.17. The van der Waals surface area contributed by atoms with Crippen LogP contribution in [0.15, 0.2) is 12.4 Å². The Labute approximate surface area is 107 Å². The number of aryl methyl sites for hydroxylation is 1. The standard InChI is InChI=1S/C12H20N4O2/c1-14-6-3-13-11(14)9-15-4-2-5-16(8-7-15)10-12(17)18/h3,6H,2,4-5,7-10H2,1H3,(H,17,18). The van der Waals surface area contributed by atoms with Gasteiger partial charge in [0, 0.05) is 39.1 Å². The number of carboxylic acid groups (broad SMARTS) is 1. The van der Waals surface area contributed by atoms with Gasteiger partial charge in [-0.2, -0.15) is 0 Å². The number of rotatable bonds is 4. The van der Waals surface area contributed by atoms with Crippen molar-refractivity contribution in [3.05, 3.63) is 18.2 Å². The Bertz CT molecular complexity index is 405. The smallest absolute Gasteiger partial charge is 0.317 e. The van der Waals surface area contributed by atoms with Crippen molar-refractivity contribution < 1.29 is 9.90 Å². The minimum Gasteiger partial charge on any atom is -0.480 e. The van der Waals surface area contributed by atoms with Crippen molar-refractivity contribution in [2.24, 2.45) is 7.05 Å². The van der Waals surface area contributed by atoms with Crippen molar-refractivity contribution in [1.29, 1.82) is 0 Å². The molecule has 1 saturated heterocycles. The summed E-state index contributed by atoms with van der Waals surface area (Å²) in [5.74, 6) is 0.314. The van der Waals surface area contributed by atoms with Crippen molar-refractivity contribution in [2.45, 2.75) is 13.0 Å². The zero-order valence-electron chi connectivity index (χ0n) is 10.7. The Morgan fingerprint density at radius 2 is 2.06 bits per heavy atom. The number of imidazole rings is 1. The molecule has 0 unspecified atom stereocenters. The van der Waals surface area contributed by atoms with Crippen LogP contribution in [0.3, 0.4) is 0 Å². The topological polar surface area (TPSA) is 61.6 Å². The lowest BCUT2D eigenvalue weighted by Gasteiger charge is -2.20. The molecule has 6 nitrogen and oxygen atoms in total. The van der Waals surface area contributed by atoms with Crippen molar-refractivity contribution in [3.8, 4) is 0 Å². The molecule has 0 radical (unpaired) electrons. The summed E-state index contributed by atoms with van der Waals surface area (Å²) in [5.41, 5.74) is 0. The Kier molecular flexibility index (Phi) is 4.33. The number of aliphatic carboxylic acids is 1. The first-order chi connectivity index (χ1) is 8.65. The number of hydrogen-bond donors (Lipinski definition) is 1. The molecular formula is C12H20N4O2. The molecule has 18 heavy (non-hydrogen) atoms. The molecule has 0 aliphatic carbocycles. The number of carboxylic acids is 1. The molecule has 1 N–H and O–H groups in total. The number of nitrogens with zero attached hydrogens (tertiary/aromatic N) is 4. The molecule has 1 aromatic heterocycles. The van der Waals surface area contributed by atoms with E-state index in [1.54, 1.807) is 0 Å². The zero-order chi connectivity index (χ0) is 13.0. The molecule has 0 saturated carbocycles. The van der Waals surface area contributed by atoms with Crippen LogP contribution in [0.2, 0.25) is 0 Å². The van der Waals surface area contributed by atoms with E-state index in [9.17, 15) is 4.79 Å². The Balaban J connectivity index is 1.85. The van der Waals surface area contributed by atoms with E-state index in [0.29, 0.717) is 0 Å². The van der Waals surface area contributed by atoms with Crippen LogP contribution in [0.1, 0.15) is 12.2 Å². The molecule has 1 fully saturated rings. The molecule has 1 aromatic rings. The summed E-state index contributed by atoms with van der Waals surface area (Å²) in [6.45, 7) is 4.57. The second-order valence-corrected chi connectivity index (χ2v) is 4.75. The molecule has 6 heteroatoms. The summed E-state index contributed by atoms with van der Waals surface area (Å²) in [6, 6.07) is 0. The average Bonchev–Trinajstić information content (AvgIpc) is 2.58. The maximum atomic E-state index is 10.7. The van der Waals surface area contributed by atoms with Gasteiger partial charge in [0.1, 0.15) is 5.82 Å².